The van der Waals surface area contributed by atoms with Crippen molar-refractivity contribution in [3.05, 3.63) is 94.5 Å². The van der Waals surface area contributed by atoms with Gasteiger partial charge in [-0.1, -0.05) is 75.4 Å². The molecular weight excluding hydrogens is 598 g/mol. The average molecular weight is 646 g/mol. The lowest BCUT2D eigenvalue weighted by atomic mass is 9.99. The van der Waals surface area contributed by atoms with Crippen molar-refractivity contribution >= 4 is 20.3 Å². The van der Waals surface area contributed by atoms with Crippen LogP contribution in [-0.4, -0.2) is 64.3 Å². The summed E-state index contributed by atoms with van der Waals surface area (Å²) in [6, 6.07) is 21.4. The van der Waals surface area contributed by atoms with E-state index in [4.69, 9.17) is 23.4 Å². The number of ether oxygens (including phenoxy) is 4. The zero-order valence-electron chi connectivity index (χ0n) is 28.3. The second kappa shape index (κ2) is 13.6. The van der Waals surface area contributed by atoms with Crippen LogP contribution < -0.4 is 9.47 Å². The molecule has 9 heteroatoms. The minimum Gasteiger partial charge on any atom is -0.496 e. The van der Waals surface area contributed by atoms with Gasteiger partial charge in [-0.2, -0.15) is 0 Å². The molecular formula is C37H47NO7Si. The highest BCUT2D eigenvalue weighted by molar-refractivity contribution is 6.74. The van der Waals surface area contributed by atoms with Crippen molar-refractivity contribution in [2.75, 3.05) is 20.8 Å². The normalized spacial score (nSPS) is 18.2. The van der Waals surface area contributed by atoms with Crippen LogP contribution in [-0.2, 0) is 38.0 Å². The van der Waals surface area contributed by atoms with E-state index in [0.29, 0.717) is 36.3 Å². The van der Waals surface area contributed by atoms with Crippen LogP contribution in [0.2, 0.25) is 18.1 Å². The number of rotatable bonds is 11. The lowest BCUT2D eigenvalue weighted by Crippen LogP contribution is -2.52. The molecule has 0 N–H and O–H groups in total. The van der Waals surface area contributed by atoms with Crippen molar-refractivity contribution < 1.29 is 33.0 Å². The summed E-state index contributed by atoms with van der Waals surface area (Å²) in [7, 11) is 0.689. The van der Waals surface area contributed by atoms with Crippen molar-refractivity contribution in [2.45, 2.75) is 89.4 Å². The Morgan fingerprint density at radius 3 is 2.07 bits per heavy atom. The van der Waals surface area contributed by atoms with Crippen LogP contribution in [0.3, 0.4) is 0 Å². The first-order chi connectivity index (χ1) is 21.8. The van der Waals surface area contributed by atoms with E-state index in [1.807, 2.05) is 61.5 Å². The summed E-state index contributed by atoms with van der Waals surface area (Å²) in [4.78, 5) is 29.5. The molecule has 1 saturated heterocycles. The molecule has 0 radical (unpaired) electrons. The highest BCUT2D eigenvalue weighted by atomic mass is 28.4. The smallest absolute Gasteiger partial charge is 0.417 e. The summed E-state index contributed by atoms with van der Waals surface area (Å²) in [5.74, 6) is 0.752. The van der Waals surface area contributed by atoms with Gasteiger partial charge >= 0.3 is 6.09 Å². The van der Waals surface area contributed by atoms with E-state index in [0.717, 1.165) is 11.1 Å². The third-order valence-corrected chi connectivity index (χ3v) is 14.2. The van der Waals surface area contributed by atoms with Gasteiger partial charge in [0.1, 0.15) is 24.2 Å². The zero-order valence-corrected chi connectivity index (χ0v) is 29.3. The van der Waals surface area contributed by atoms with E-state index >= 15 is 0 Å². The fraction of sp³-hybridized carbons (Fsp3) is 0.459. The number of carbonyl (C=O) groups is 2. The number of cyclic esters (lactones) is 1. The molecule has 1 aliphatic heterocycles. The minimum absolute atomic E-state index is 0.112. The molecule has 3 atom stereocenters. The van der Waals surface area contributed by atoms with E-state index in [2.05, 4.69) is 46.0 Å². The maximum atomic E-state index is 14.9. The van der Waals surface area contributed by atoms with E-state index in [-0.39, 0.29) is 17.7 Å². The number of carbonyl (C=O) groups excluding carboxylic acids is 2. The molecule has 46 heavy (non-hydrogen) atoms. The lowest BCUT2D eigenvalue weighted by Gasteiger charge is -2.42. The van der Waals surface area contributed by atoms with Gasteiger partial charge in [-0.05, 0) is 78.7 Å². The number of imide groups is 1. The molecule has 3 aromatic rings. The van der Waals surface area contributed by atoms with E-state index < -0.39 is 38.6 Å². The number of hydrogen-bond donors (Lipinski definition) is 0. The third-order valence-electron chi connectivity index (χ3n) is 9.71. The quantitative estimate of drug-likeness (QED) is 0.204. The lowest BCUT2D eigenvalue weighted by molar-refractivity contribution is -0.154. The highest BCUT2D eigenvalue weighted by Crippen LogP contribution is 2.44. The van der Waals surface area contributed by atoms with E-state index in [1.165, 1.54) is 16.0 Å². The number of benzene rings is 3. The van der Waals surface area contributed by atoms with Gasteiger partial charge in [0.25, 0.3) is 5.91 Å². The number of hydrogen-bond acceptors (Lipinski definition) is 7. The van der Waals surface area contributed by atoms with Crippen LogP contribution >= 0.6 is 0 Å². The second-order valence-corrected chi connectivity index (χ2v) is 18.6. The Morgan fingerprint density at radius 2 is 1.52 bits per heavy atom. The molecule has 5 rings (SSSR count). The zero-order chi connectivity index (χ0) is 33.2. The number of methoxy groups -OCH3 is 2. The van der Waals surface area contributed by atoms with Crippen LogP contribution in [0.4, 0.5) is 4.79 Å². The van der Waals surface area contributed by atoms with Crippen LogP contribution in [0.15, 0.2) is 66.7 Å². The molecule has 0 bridgehead atoms. The van der Waals surface area contributed by atoms with Gasteiger partial charge in [0, 0.05) is 5.56 Å². The fourth-order valence-corrected chi connectivity index (χ4v) is 7.30. The number of fused-ring (bicyclic) bond motifs is 1. The Bertz CT molecular complexity index is 1500. The first kappa shape index (κ1) is 33.7. The molecule has 3 aromatic carbocycles. The Labute approximate surface area is 274 Å². The van der Waals surface area contributed by atoms with Crippen molar-refractivity contribution in [3.8, 4) is 11.5 Å². The predicted molar refractivity (Wildman–Crippen MR) is 180 cm³/mol. The number of nitrogens with zero attached hydrogens (tertiary/aromatic N) is 1. The summed E-state index contributed by atoms with van der Waals surface area (Å²) in [5, 5.41) is -0.177. The summed E-state index contributed by atoms with van der Waals surface area (Å²) in [5.41, 5.74) is 4.92. The highest BCUT2D eigenvalue weighted by Gasteiger charge is 2.49. The summed E-state index contributed by atoms with van der Waals surface area (Å²) >= 11 is 0. The van der Waals surface area contributed by atoms with Crippen LogP contribution in [0.25, 0.3) is 0 Å². The summed E-state index contributed by atoms with van der Waals surface area (Å²) in [6.45, 7) is 12.8. The second-order valence-electron chi connectivity index (χ2n) is 13.8. The Kier molecular flexibility index (Phi) is 9.96. The molecule has 2 amide bonds. The van der Waals surface area contributed by atoms with Gasteiger partial charge in [0.2, 0.25) is 0 Å². The Hall–Kier alpha value is -3.66. The summed E-state index contributed by atoms with van der Waals surface area (Å²) < 4.78 is 31.1. The monoisotopic (exact) mass is 645 g/mol. The predicted octanol–water partition coefficient (Wildman–Crippen LogP) is 7.22. The molecule has 1 fully saturated rings. The van der Waals surface area contributed by atoms with Gasteiger partial charge < -0.3 is 23.4 Å². The van der Waals surface area contributed by atoms with Crippen LogP contribution in [0, 0.1) is 6.92 Å². The molecule has 1 aliphatic carbocycles. The Balaban J connectivity index is 1.61. The van der Waals surface area contributed by atoms with Crippen molar-refractivity contribution in [2.24, 2.45) is 0 Å². The minimum atomic E-state index is -2.53. The van der Waals surface area contributed by atoms with E-state index in [1.54, 1.807) is 14.2 Å². The van der Waals surface area contributed by atoms with Gasteiger partial charge in [-0.3, -0.25) is 4.79 Å². The molecule has 0 spiro atoms. The first-order valence-electron chi connectivity index (χ1n) is 16.0. The standard InChI is InChI=1S/C37H47NO7Si/c1-24-31(41-5)21-28(22-32(24)42-6)33(45-46(7,8)37(2,3)4)34(44-30-19-26-16-12-13-17-27(26)20-30)35(39)38-29(23-43-36(38)40)18-25-14-10-9-11-15-25/h9-17,21-22,29-30,33-34H,18-20,23H2,1-8H3/t29-,33?,34?/m1/s1. The first-order valence-corrected chi connectivity index (χ1v) is 18.9. The molecule has 0 saturated carbocycles. The van der Waals surface area contributed by atoms with Gasteiger partial charge in [-0.25, -0.2) is 9.69 Å². The molecule has 2 aliphatic rings. The summed E-state index contributed by atoms with van der Waals surface area (Å²) in [6.07, 6.45) is -1.16. The third kappa shape index (κ3) is 7.01. The van der Waals surface area contributed by atoms with Gasteiger partial charge in [0.05, 0.1) is 26.4 Å². The molecule has 8 nitrogen and oxygen atoms in total. The van der Waals surface area contributed by atoms with E-state index in [9.17, 15) is 9.59 Å². The van der Waals surface area contributed by atoms with Crippen LogP contribution in [0.1, 0.15) is 54.7 Å². The van der Waals surface area contributed by atoms with Crippen molar-refractivity contribution in [1.29, 1.82) is 0 Å². The molecule has 0 aromatic heterocycles. The maximum absolute atomic E-state index is 14.9. The van der Waals surface area contributed by atoms with Crippen molar-refractivity contribution in [3.63, 3.8) is 0 Å². The van der Waals surface area contributed by atoms with Crippen molar-refractivity contribution in [1.82, 2.24) is 4.90 Å². The topological polar surface area (TPSA) is 83.5 Å². The largest absolute Gasteiger partial charge is 0.496 e. The Morgan fingerprint density at radius 1 is 0.957 bits per heavy atom. The molecule has 1 heterocycles. The van der Waals surface area contributed by atoms with Gasteiger partial charge in [0.15, 0.2) is 14.4 Å². The molecule has 246 valence electrons. The van der Waals surface area contributed by atoms with Gasteiger partial charge in [-0.15, -0.1) is 0 Å². The maximum Gasteiger partial charge on any atom is 0.417 e. The fourth-order valence-electron chi connectivity index (χ4n) is 6.05. The average Bonchev–Trinajstić information content (AvgIpc) is 3.60. The molecule has 2 unspecified atom stereocenters. The number of amides is 2. The SMILES string of the molecule is COc1cc(C(O[Si](C)(C)C(C)(C)C)C(OC2Cc3ccccc3C2)C(=O)N2C(=O)OC[C@H]2Cc2ccccc2)cc(OC)c1C. The van der Waals surface area contributed by atoms with Crippen LogP contribution in [0.5, 0.6) is 11.5 Å².